The third kappa shape index (κ3) is 3.75. The van der Waals surface area contributed by atoms with Gasteiger partial charge in [-0.1, -0.05) is 40.9 Å². The maximum absolute atomic E-state index is 12.1. The number of hydrogen-bond acceptors (Lipinski definition) is 1. The maximum atomic E-state index is 12.1. The minimum absolute atomic E-state index is 0.251. The average molecular weight is 426 g/mol. The van der Waals surface area contributed by atoms with Crippen molar-refractivity contribution < 1.29 is 4.79 Å². The standard InChI is InChI=1S/C13H7Cl3INO/c14-9-5-11(16)12(6-10(9)15)18-13(19)7-2-1-3-8(17)4-7/h1-6H,(H,18,19). The van der Waals surface area contributed by atoms with Crippen molar-refractivity contribution in [2.45, 2.75) is 0 Å². The minimum atomic E-state index is -0.251. The first kappa shape index (κ1) is 14.9. The van der Waals surface area contributed by atoms with Crippen molar-refractivity contribution >= 4 is 69.0 Å². The molecule has 0 aliphatic carbocycles. The Kier molecular flexibility index (Phi) is 4.95. The van der Waals surface area contributed by atoms with Gasteiger partial charge in [0.25, 0.3) is 5.91 Å². The van der Waals surface area contributed by atoms with Gasteiger partial charge in [-0.3, -0.25) is 4.79 Å². The highest BCUT2D eigenvalue weighted by molar-refractivity contribution is 14.1. The van der Waals surface area contributed by atoms with Gasteiger partial charge in [0.2, 0.25) is 0 Å². The number of amides is 1. The van der Waals surface area contributed by atoms with Gasteiger partial charge in [0.1, 0.15) is 0 Å². The van der Waals surface area contributed by atoms with E-state index in [9.17, 15) is 4.79 Å². The number of rotatable bonds is 2. The van der Waals surface area contributed by atoms with Crippen LogP contribution in [0.3, 0.4) is 0 Å². The van der Waals surface area contributed by atoms with E-state index in [0.29, 0.717) is 26.3 Å². The molecule has 0 bridgehead atoms. The van der Waals surface area contributed by atoms with Crippen LogP contribution >= 0.6 is 57.4 Å². The van der Waals surface area contributed by atoms with E-state index in [1.165, 1.54) is 12.1 Å². The quantitative estimate of drug-likeness (QED) is 0.498. The van der Waals surface area contributed by atoms with E-state index in [2.05, 4.69) is 27.9 Å². The molecule has 98 valence electrons. The van der Waals surface area contributed by atoms with E-state index in [0.717, 1.165) is 3.57 Å². The molecule has 19 heavy (non-hydrogen) atoms. The van der Waals surface area contributed by atoms with Crippen LogP contribution in [0.15, 0.2) is 36.4 Å². The lowest BCUT2D eigenvalue weighted by Gasteiger charge is -2.09. The highest BCUT2D eigenvalue weighted by Crippen LogP contribution is 2.32. The molecule has 2 nitrogen and oxygen atoms in total. The zero-order chi connectivity index (χ0) is 14.0. The molecule has 0 atom stereocenters. The molecule has 2 aromatic rings. The zero-order valence-electron chi connectivity index (χ0n) is 9.38. The molecule has 0 spiro atoms. The van der Waals surface area contributed by atoms with Gasteiger partial charge in [0.15, 0.2) is 0 Å². The lowest BCUT2D eigenvalue weighted by Crippen LogP contribution is -2.12. The molecule has 0 saturated heterocycles. The summed E-state index contributed by atoms with van der Waals surface area (Å²) >= 11 is 19.9. The molecule has 6 heteroatoms. The van der Waals surface area contributed by atoms with Crippen LogP contribution in [0.25, 0.3) is 0 Å². The molecule has 1 N–H and O–H groups in total. The zero-order valence-corrected chi connectivity index (χ0v) is 13.8. The summed E-state index contributed by atoms with van der Waals surface area (Å²) < 4.78 is 0.977. The predicted molar refractivity (Wildman–Crippen MR) is 88.6 cm³/mol. The van der Waals surface area contributed by atoms with Gasteiger partial charge in [0, 0.05) is 9.13 Å². The van der Waals surface area contributed by atoms with Crippen molar-refractivity contribution in [2.75, 3.05) is 5.32 Å². The van der Waals surface area contributed by atoms with Gasteiger partial charge in [0.05, 0.1) is 20.8 Å². The van der Waals surface area contributed by atoms with Gasteiger partial charge in [-0.05, 0) is 52.9 Å². The Bertz CT molecular complexity index is 646. The van der Waals surface area contributed by atoms with E-state index < -0.39 is 0 Å². The fraction of sp³-hybridized carbons (Fsp3) is 0. The van der Waals surface area contributed by atoms with Crippen molar-refractivity contribution in [3.8, 4) is 0 Å². The average Bonchev–Trinajstić information content (AvgIpc) is 2.36. The maximum Gasteiger partial charge on any atom is 0.255 e. The predicted octanol–water partition coefficient (Wildman–Crippen LogP) is 5.50. The van der Waals surface area contributed by atoms with Crippen LogP contribution in [0, 0.1) is 3.57 Å². The molecule has 0 aliphatic heterocycles. The third-order valence-electron chi connectivity index (χ3n) is 2.34. The number of nitrogens with one attached hydrogen (secondary N) is 1. The first-order valence-corrected chi connectivity index (χ1v) is 7.40. The number of carbonyl (C=O) groups excluding carboxylic acids is 1. The monoisotopic (exact) mass is 425 g/mol. The van der Waals surface area contributed by atoms with Gasteiger partial charge < -0.3 is 5.32 Å². The number of halogens is 4. The Morgan fingerprint density at radius 3 is 2.37 bits per heavy atom. The molecule has 0 fully saturated rings. The summed E-state index contributed by atoms with van der Waals surface area (Å²) in [4.78, 5) is 12.1. The number of hydrogen-bond donors (Lipinski definition) is 1. The molecule has 2 rings (SSSR count). The largest absolute Gasteiger partial charge is 0.321 e. The van der Waals surface area contributed by atoms with Crippen molar-refractivity contribution in [1.82, 2.24) is 0 Å². The summed E-state index contributed by atoms with van der Waals surface area (Å²) in [5, 5.41) is 3.73. The van der Waals surface area contributed by atoms with Crippen molar-refractivity contribution in [3.05, 3.63) is 60.6 Å². The highest BCUT2D eigenvalue weighted by atomic mass is 127. The van der Waals surface area contributed by atoms with Crippen LogP contribution in [0.4, 0.5) is 5.69 Å². The third-order valence-corrected chi connectivity index (χ3v) is 4.05. The number of carbonyl (C=O) groups is 1. The second-order valence-electron chi connectivity index (χ2n) is 3.71. The van der Waals surface area contributed by atoms with E-state index >= 15 is 0 Å². The van der Waals surface area contributed by atoms with Gasteiger partial charge in [-0.15, -0.1) is 0 Å². The highest BCUT2D eigenvalue weighted by Gasteiger charge is 2.11. The molecule has 0 aliphatic rings. The van der Waals surface area contributed by atoms with Gasteiger partial charge in [-0.2, -0.15) is 0 Å². The molecule has 0 unspecified atom stereocenters. The summed E-state index contributed by atoms with van der Waals surface area (Å²) in [5.41, 5.74) is 0.981. The normalized spacial score (nSPS) is 10.3. The molecule has 0 aromatic heterocycles. The fourth-order valence-corrected chi connectivity index (χ4v) is 2.58. The molecule has 2 aromatic carbocycles. The van der Waals surface area contributed by atoms with Crippen LogP contribution < -0.4 is 5.32 Å². The minimum Gasteiger partial charge on any atom is -0.321 e. The lowest BCUT2D eigenvalue weighted by atomic mass is 10.2. The van der Waals surface area contributed by atoms with Crippen LogP contribution in [-0.4, -0.2) is 5.91 Å². The van der Waals surface area contributed by atoms with Crippen LogP contribution in [0.2, 0.25) is 15.1 Å². The SMILES string of the molecule is O=C(Nc1cc(Cl)c(Cl)cc1Cl)c1cccc(I)c1. The lowest BCUT2D eigenvalue weighted by molar-refractivity contribution is 0.102. The molecule has 0 heterocycles. The topological polar surface area (TPSA) is 29.1 Å². The first-order valence-electron chi connectivity index (χ1n) is 5.19. The Balaban J connectivity index is 2.27. The summed E-state index contributed by atoms with van der Waals surface area (Å²) in [5.74, 6) is -0.251. The van der Waals surface area contributed by atoms with Crippen molar-refractivity contribution in [2.24, 2.45) is 0 Å². The molecular formula is C13H7Cl3INO. The fourth-order valence-electron chi connectivity index (χ4n) is 1.44. The Hall–Kier alpha value is -0.490. The summed E-state index contributed by atoms with van der Waals surface area (Å²) in [6, 6.07) is 10.2. The van der Waals surface area contributed by atoms with Gasteiger partial charge in [-0.25, -0.2) is 0 Å². The summed E-state index contributed by atoms with van der Waals surface area (Å²) in [7, 11) is 0. The van der Waals surface area contributed by atoms with E-state index in [1.54, 1.807) is 12.1 Å². The van der Waals surface area contributed by atoms with Crippen LogP contribution in [0.1, 0.15) is 10.4 Å². The molecular weight excluding hydrogens is 419 g/mol. The van der Waals surface area contributed by atoms with E-state index in [1.807, 2.05) is 12.1 Å². The number of benzene rings is 2. The second kappa shape index (κ2) is 6.31. The van der Waals surface area contributed by atoms with Gasteiger partial charge >= 0.3 is 0 Å². The first-order chi connectivity index (χ1) is 8.97. The second-order valence-corrected chi connectivity index (χ2v) is 6.18. The Labute approximate surface area is 139 Å². The molecule has 1 amide bonds. The molecule has 0 saturated carbocycles. The summed E-state index contributed by atoms with van der Waals surface area (Å²) in [6.07, 6.45) is 0. The Morgan fingerprint density at radius 2 is 1.68 bits per heavy atom. The summed E-state index contributed by atoms with van der Waals surface area (Å²) in [6.45, 7) is 0. The van der Waals surface area contributed by atoms with E-state index in [-0.39, 0.29) is 5.91 Å². The Morgan fingerprint density at radius 1 is 1.00 bits per heavy atom. The van der Waals surface area contributed by atoms with E-state index in [4.69, 9.17) is 34.8 Å². The van der Waals surface area contributed by atoms with Crippen LogP contribution in [-0.2, 0) is 0 Å². The number of anilines is 1. The van der Waals surface area contributed by atoms with Crippen molar-refractivity contribution in [1.29, 1.82) is 0 Å². The van der Waals surface area contributed by atoms with Crippen molar-refractivity contribution in [3.63, 3.8) is 0 Å². The smallest absolute Gasteiger partial charge is 0.255 e. The van der Waals surface area contributed by atoms with Crippen LogP contribution in [0.5, 0.6) is 0 Å². The molecule has 0 radical (unpaired) electrons.